The van der Waals surface area contributed by atoms with E-state index in [0.717, 1.165) is 18.8 Å². The number of carbonyl (C=O) groups excluding carboxylic acids is 1. The Morgan fingerprint density at radius 3 is 2.32 bits per heavy atom. The van der Waals surface area contributed by atoms with Gasteiger partial charge in [0.25, 0.3) is 5.91 Å². The minimum atomic E-state index is -0.515. The van der Waals surface area contributed by atoms with Gasteiger partial charge in [-0.25, -0.2) is 0 Å². The molecule has 0 N–H and O–H groups in total. The van der Waals surface area contributed by atoms with Crippen molar-refractivity contribution in [1.29, 1.82) is 0 Å². The van der Waals surface area contributed by atoms with Crippen molar-refractivity contribution in [3.63, 3.8) is 0 Å². The molecule has 3 rings (SSSR count). The number of hydrogen-bond acceptors (Lipinski definition) is 5. The van der Waals surface area contributed by atoms with E-state index in [-0.39, 0.29) is 24.0 Å². The number of anilines is 1. The van der Waals surface area contributed by atoms with Crippen molar-refractivity contribution in [2.75, 3.05) is 37.7 Å². The van der Waals surface area contributed by atoms with Crippen LogP contribution in [0.2, 0.25) is 0 Å². The van der Waals surface area contributed by atoms with Gasteiger partial charge in [-0.3, -0.25) is 14.9 Å². The van der Waals surface area contributed by atoms with Crippen molar-refractivity contribution in [3.8, 4) is 5.75 Å². The number of nitrogens with zero attached hydrogens (tertiary/aromatic N) is 3. The van der Waals surface area contributed by atoms with Gasteiger partial charge in [-0.2, -0.15) is 0 Å². The minimum absolute atomic E-state index is 0.115. The molecule has 7 heteroatoms. The van der Waals surface area contributed by atoms with E-state index in [0.29, 0.717) is 13.1 Å². The molecule has 0 radical (unpaired) electrons. The highest BCUT2D eigenvalue weighted by atomic mass is 16.6. The lowest BCUT2D eigenvalue weighted by Gasteiger charge is -2.36. The second-order valence-corrected chi connectivity index (χ2v) is 5.72. The zero-order valence-corrected chi connectivity index (χ0v) is 13.7. The highest BCUT2D eigenvalue weighted by Gasteiger charge is 2.22. The van der Waals surface area contributed by atoms with E-state index in [9.17, 15) is 14.9 Å². The highest BCUT2D eigenvalue weighted by molar-refractivity contribution is 5.78. The van der Waals surface area contributed by atoms with Crippen LogP contribution in [0.25, 0.3) is 0 Å². The number of piperazine rings is 1. The molecular formula is C18H19N3O4. The second kappa shape index (κ2) is 7.65. The third-order valence-electron chi connectivity index (χ3n) is 4.17. The molecule has 25 heavy (non-hydrogen) atoms. The molecule has 130 valence electrons. The second-order valence-electron chi connectivity index (χ2n) is 5.72. The van der Waals surface area contributed by atoms with Gasteiger partial charge in [0.2, 0.25) is 0 Å². The van der Waals surface area contributed by atoms with Crippen molar-refractivity contribution in [2.24, 2.45) is 0 Å². The number of rotatable bonds is 5. The lowest BCUT2D eigenvalue weighted by atomic mass is 10.2. The maximum absolute atomic E-state index is 12.3. The fraction of sp³-hybridized carbons (Fsp3) is 0.278. The van der Waals surface area contributed by atoms with E-state index in [1.807, 2.05) is 18.2 Å². The molecular weight excluding hydrogens is 322 g/mol. The van der Waals surface area contributed by atoms with Gasteiger partial charge < -0.3 is 14.5 Å². The zero-order valence-electron chi connectivity index (χ0n) is 13.7. The Morgan fingerprint density at radius 1 is 1.00 bits per heavy atom. The number of amides is 1. The summed E-state index contributed by atoms with van der Waals surface area (Å²) >= 11 is 0. The summed E-state index contributed by atoms with van der Waals surface area (Å²) in [5, 5.41) is 11.0. The molecule has 0 saturated carbocycles. The number of nitro groups is 1. The Labute approximate surface area is 145 Å². The first-order valence-corrected chi connectivity index (χ1v) is 8.09. The molecule has 2 aromatic carbocycles. The first-order valence-electron chi connectivity index (χ1n) is 8.09. The molecule has 1 fully saturated rings. The van der Waals surface area contributed by atoms with Crippen molar-refractivity contribution in [2.45, 2.75) is 0 Å². The Morgan fingerprint density at radius 2 is 1.64 bits per heavy atom. The molecule has 7 nitrogen and oxygen atoms in total. The number of benzene rings is 2. The van der Waals surface area contributed by atoms with Crippen LogP contribution in [-0.4, -0.2) is 48.5 Å². The van der Waals surface area contributed by atoms with Gasteiger partial charge in [0.15, 0.2) is 12.4 Å². The molecule has 0 spiro atoms. The zero-order chi connectivity index (χ0) is 17.6. The van der Waals surface area contributed by atoms with Crippen LogP contribution in [-0.2, 0) is 4.79 Å². The Bertz CT molecular complexity index is 743. The average Bonchev–Trinajstić information content (AvgIpc) is 2.67. The van der Waals surface area contributed by atoms with Crippen molar-refractivity contribution in [1.82, 2.24) is 4.90 Å². The Hall–Kier alpha value is -3.09. The fourth-order valence-electron chi connectivity index (χ4n) is 2.81. The maximum Gasteiger partial charge on any atom is 0.310 e. The van der Waals surface area contributed by atoms with Gasteiger partial charge in [0.05, 0.1) is 4.92 Å². The van der Waals surface area contributed by atoms with Crippen LogP contribution < -0.4 is 9.64 Å². The van der Waals surface area contributed by atoms with Crippen LogP contribution in [0.5, 0.6) is 5.75 Å². The fourth-order valence-corrected chi connectivity index (χ4v) is 2.81. The molecule has 0 aromatic heterocycles. The lowest BCUT2D eigenvalue weighted by molar-refractivity contribution is -0.385. The molecule has 2 aromatic rings. The summed E-state index contributed by atoms with van der Waals surface area (Å²) in [4.78, 5) is 26.7. The van der Waals surface area contributed by atoms with Crippen LogP contribution in [0, 0.1) is 10.1 Å². The molecule has 0 atom stereocenters. The smallest absolute Gasteiger partial charge is 0.310 e. The van der Waals surface area contributed by atoms with Crippen LogP contribution in [0.15, 0.2) is 54.6 Å². The summed E-state index contributed by atoms with van der Waals surface area (Å²) in [6.45, 7) is 2.51. The summed E-state index contributed by atoms with van der Waals surface area (Å²) in [5.74, 6) is -0.0466. The van der Waals surface area contributed by atoms with Gasteiger partial charge in [-0.05, 0) is 18.2 Å². The Balaban J connectivity index is 1.53. The summed E-state index contributed by atoms with van der Waals surface area (Å²) in [6, 6.07) is 16.1. The minimum Gasteiger partial charge on any atom is -0.477 e. The Kier molecular flexibility index (Phi) is 5.13. The van der Waals surface area contributed by atoms with Gasteiger partial charge in [-0.1, -0.05) is 30.3 Å². The summed E-state index contributed by atoms with van der Waals surface area (Å²) in [7, 11) is 0. The molecule has 1 heterocycles. The number of carbonyl (C=O) groups is 1. The van der Waals surface area contributed by atoms with E-state index in [1.165, 1.54) is 12.1 Å². The van der Waals surface area contributed by atoms with Gasteiger partial charge in [0.1, 0.15) is 0 Å². The van der Waals surface area contributed by atoms with E-state index in [4.69, 9.17) is 4.74 Å². The van der Waals surface area contributed by atoms with E-state index < -0.39 is 4.92 Å². The first-order chi connectivity index (χ1) is 12.1. The topological polar surface area (TPSA) is 75.9 Å². The average molecular weight is 341 g/mol. The largest absolute Gasteiger partial charge is 0.477 e. The summed E-state index contributed by atoms with van der Waals surface area (Å²) in [5.41, 5.74) is 1.01. The number of para-hydroxylation sites is 3. The summed E-state index contributed by atoms with van der Waals surface area (Å²) in [6.07, 6.45) is 0. The molecule has 1 saturated heterocycles. The van der Waals surface area contributed by atoms with Gasteiger partial charge >= 0.3 is 5.69 Å². The van der Waals surface area contributed by atoms with Crippen LogP contribution in [0.1, 0.15) is 0 Å². The summed E-state index contributed by atoms with van der Waals surface area (Å²) < 4.78 is 5.38. The number of ether oxygens (including phenoxy) is 1. The van der Waals surface area contributed by atoms with Crippen molar-refractivity contribution < 1.29 is 14.5 Å². The standard InChI is InChI=1S/C18H19N3O4/c22-18(14-25-17-9-5-4-8-16(17)21(23)24)20-12-10-19(11-13-20)15-6-2-1-3-7-15/h1-9H,10-14H2. The quantitative estimate of drug-likeness (QED) is 0.616. The van der Waals surface area contributed by atoms with Crippen LogP contribution in [0.3, 0.4) is 0 Å². The molecule has 1 amide bonds. The normalized spacial score (nSPS) is 14.2. The van der Waals surface area contributed by atoms with Crippen LogP contribution >= 0.6 is 0 Å². The van der Waals surface area contributed by atoms with E-state index in [2.05, 4.69) is 17.0 Å². The van der Waals surface area contributed by atoms with E-state index >= 15 is 0 Å². The lowest BCUT2D eigenvalue weighted by Crippen LogP contribution is -2.50. The maximum atomic E-state index is 12.3. The molecule has 0 bridgehead atoms. The van der Waals surface area contributed by atoms with Gasteiger partial charge in [-0.15, -0.1) is 0 Å². The van der Waals surface area contributed by atoms with Crippen molar-refractivity contribution in [3.05, 3.63) is 64.7 Å². The number of nitro benzene ring substituents is 1. The van der Waals surface area contributed by atoms with Crippen molar-refractivity contribution >= 4 is 17.3 Å². The molecule has 1 aliphatic rings. The van der Waals surface area contributed by atoms with E-state index in [1.54, 1.807) is 17.0 Å². The SMILES string of the molecule is O=C(COc1ccccc1[N+](=O)[O-])N1CCN(c2ccccc2)CC1. The highest BCUT2D eigenvalue weighted by Crippen LogP contribution is 2.25. The predicted molar refractivity (Wildman–Crippen MR) is 93.8 cm³/mol. The first kappa shape index (κ1) is 16.8. The predicted octanol–water partition coefficient (Wildman–Crippen LogP) is 2.32. The third-order valence-corrected chi connectivity index (χ3v) is 4.17. The monoisotopic (exact) mass is 341 g/mol. The number of hydrogen-bond donors (Lipinski definition) is 0. The van der Waals surface area contributed by atoms with Gasteiger partial charge in [0, 0.05) is 37.9 Å². The third kappa shape index (κ3) is 4.06. The molecule has 0 aliphatic carbocycles. The molecule has 1 aliphatic heterocycles. The van der Waals surface area contributed by atoms with Crippen LogP contribution in [0.4, 0.5) is 11.4 Å². The molecule has 0 unspecified atom stereocenters.